The van der Waals surface area contributed by atoms with E-state index >= 15 is 0 Å². The molecule has 8 nitrogen and oxygen atoms in total. The summed E-state index contributed by atoms with van der Waals surface area (Å²) in [6.45, 7) is 4.36. The van der Waals surface area contributed by atoms with E-state index in [1.54, 1.807) is 0 Å². The Morgan fingerprint density at radius 1 is 1.39 bits per heavy atom. The molecular formula is C20H36N6O2. The van der Waals surface area contributed by atoms with E-state index in [4.69, 9.17) is 9.47 Å². The average molecular weight is 393 g/mol. The van der Waals surface area contributed by atoms with Crippen molar-refractivity contribution in [3.8, 4) is 0 Å². The van der Waals surface area contributed by atoms with Crippen LogP contribution in [0.2, 0.25) is 0 Å². The molecule has 0 spiro atoms. The SMILES string of the molecule is CN=C(NCC(c1cnn(C)c1)N(C)C)N1CCC(OCC2CCCO2)CC1. The molecule has 3 heterocycles. The fourth-order valence-corrected chi connectivity index (χ4v) is 3.98. The molecule has 1 aromatic rings. The number of likely N-dealkylation sites (N-methyl/N-ethyl adjacent to an activating group) is 1. The van der Waals surface area contributed by atoms with Crippen LogP contribution in [0.15, 0.2) is 17.4 Å². The van der Waals surface area contributed by atoms with Gasteiger partial charge in [0.05, 0.1) is 31.1 Å². The molecule has 0 amide bonds. The highest BCUT2D eigenvalue weighted by Gasteiger charge is 2.25. The summed E-state index contributed by atoms with van der Waals surface area (Å²) < 4.78 is 13.6. The minimum atomic E-state index is 0.248. The first-order valence-corrected chi connectivity index (χ1v) is 10.4. The van der Waals surface area contributed by atoms with Crippen LogP contribution in [0.3, 0.4) is 0 Å². The maximum atomic E-state index is 6.09. The lowest BCUT2D eigenvalue weighted by molar-refractivity contribution is -0.0367. The molecular weight excluding hydrogens is 356 g/mol. The molecule has 3 rings (SSSR count). The minimum Gasteiger partial charge on any atom is -0.376 e. The Balaban J connectivity index is 1.44. The number of hydrogen-bond acceptors (Lipinski definition) is 5. The molecule has 2 aliphatic rings. The standard InChI is InChI=1S/C20H36N6O2/c1-21-20(22-13-19(24(2)3)16-12-23-25(4)14-16)26-9-7-17(8-10-26)28-15-18-6-5-11-27-18/h12,14,17-19H,5-11,13,15H2,1-4H3,(H,21,22). The second kappa shape index (κ2) is 10.2. The van der Waals surface area contributed by atoms with Crippen molar-refractivity contribution in [2.75, 3.05) is 54.0 Å². The number of nitrogens with zero attached hydrogens (tertiary/aromatic N) is 5. The second-order valence-electron chi connectivity index (χ2n) is 8.01. The summed E-state index contributed by atoms with van der Waals surface area (Å²) in [7, 11) is 8.00. The van der Waals surface area contributed by atoms with E-state index in [-0.39, 0.29) is 6.04 Å². The Morgan fingerprint density at radius 2 is 2.18 bits per heavy atom. The zero-order chi connectivity index (χ0) is 19.9. The first kappa shape index (κ1) is 21.1. The first-order valence-electron chi connectivity index (χ1n) is 10.4. The van der Waals surface area contributed by atoms with E-state index in [2.05, 4.69) is 45.5 Å². The number of ether oxygens (including phenoxy) is 2. The van der Waals surface area contributed by atoms with Crippen molar-refractivity contribution >= 4 is 5.96 Å². The number of aryl methyl sites for hydroxylation is 1. The average Bonchev–Trinajstić information content (AvgIpc) is 3.36. The van der Waals surface area contributed by atoms with E-state index in [0.717, 1.165) is 58.1 Å². The Kier molecular flexibility index (Phi) is 7.70. The number of aromatic nitrogens is 2. The topological polar surface area (TPSA) is 67.2 Å². The van der Waals surface area contributed by atoms with Gasteiger partial charge >= 0.3 is 0 Å². The van der Waals surface area contributed by atoms with Gasteiger partial charge in [0.1, 0.15) is 0 Å². The quantitative estimate of drug-likeness (QED) is 0.557. The molecule has 0 bridgehead atoms. The highest BCUT2D eigenvalue weighted by molar-refractivity contribution is 5.80. The molecule has 0 radical (unpaired) electrons. The Labute approximate surface area is 168 Å². The molecule has 2 saturated heterocycles. The minimum absolute atomic E-state index is 0.248. The molecule has 158 valence electrons. The third-order valence-electron chi connectivity index (χ3n) is 5.68. The van der Waals surface area contributed by atoms with Gasteiger partial charge in [0.2, 0.25) is 0 Å². The van der Waals surface area contributed by atoms with Crippen molar-refractivity contribution in [1.82, 2.24) is 24.9 Å². The number of piperidine rings is 1. The predicted molar refractivity (Wildman–Crippen MR) is 111 cm³/mol. The molecule has 0 aliphatic carbocycles. The lowest BCUT2D eigenvalue weighted by Gasteiger charge is -2.35. The molecule has 1 aromatic heterocycles. The fraction of sp³-hybridized carbons (Fsp3) is 0.800. The van der Waals surface area contributed by atoms with Gasteiger partial charge in [-0.2, -0.15) is 5.10 Å². The van der Waals surface area contributed by atoms with Crippen molar-refractivity contribution in [1.29, 1.82) is 0 Å². The maximum absolute atomic E-state index is 6.09. The summed E-state index contributed by atoms with van der Waals surface area (Å²) in [4.78, 5) is 9.05. The van der Waals surface area contributed by atoms with Crippen LogP contribution in [0.25, 0.3) is 0 Å². The number of nitrogens with one attached hydrogen (secondary N) is 1. The molecule has 1 N–H and O–H groups in total. The summed E-state index contributed by atoms with van der Waals surface area (Å²) in [6.07, 6.45) is 9.03. The lowest BCUT2D eigenvalue weighted by atomic mass is 10.1. The van der Waals surface area contributed by atoms with Crippen molar-refractivity contribution < 1.29 is 9.47 Å². The summed E-state index contributed by atoms with van der Waals surface area (Å²) in [5.74, 6) is 0.966. The molecule has 2 unspecified atom stereocenters. The van der Waals surface area contributed by atoms with Gasteiger partial charge in [-0.05, 0) is 39.8 Å². The smallest absolute Gasteiger partial charge is 0.193 e. The summed E-state index contributed by atoms with van der Waals surface area (Å²) >= 11 is 0. The van der Waals surface area contributed by atoms with Gasteiger partial charge in [-0.3, -0.25) is 9.67 Å². The van der Waals surface area contributed by atoms with Crippen molar-refractivity contribution in [3.63, 3.8) is 0 Å². The van der Waals surface area contributed by atoms with Gasteiger partial charge in [-0.15, -0.1) is 0 Å². The molecule has 2 atom stereocenters. The molecule has 2 fully saturated rings. The van der Waals surface area contributed by atoms with Crippen LogP contribution in [0.1, 0.15) is 37.3 Å². The van der Waals surface area contributed by atoms with Crippen molar-refractivity contribution in [3.05, 3.63) is 18.0 Å². The van der Waals surface area contributed by atoms with Gasteiger partial charge in [-0.25, -0.2) is 0 Å². The van der Waals surface area contributed by atoms with Crippen LogP contribution in [-0.4, -0.2) is 91.7 Å². The third kappa shape index (κ3) is 5.68. The van der Waals surface area contributed by atoms with E-state index in [1.807, 2.05) is 25.0 Å². The van der Waals surface area contributed by atoms with E-state index < -0.39 is 0 Å². The van der Waals surface area contributed by atoms with Gasteiger partial charge in [-0.1, -0.05) is 0 Å². The van der Waals surface area contributed by atoms with Gasteiger partial charge in [0.15, 0.2) is 5.96 Å². The van der Waals surface area contributed by atoms with Gasteiger partial charge < -0.3 is 24.6 Å². The number of rotatable bonds is 7. The van der Waals surface area contributed by atoms with Crippen LogP contribution in [0.4, 0.5) is 0 Å². The number of aliphatic imine (C=N–C) groups is 1. The molecule has 0 aromatic carbocycles. The number of guanidine groups is 1. The van der Waals surface area contributed by atoms with E-state index in [9.17, 15) is 0 Å². The molecule has 0 saturated carbocycles. The highest BCUT2D eigenvalue weighted by atomic mass is 16.5. The summed E-state index contributed by atoms with van der Waals surface area (Å²) in [5.41, 5.74) is 1.21. The van der Waals surface area contributed by atoms with Crippen LogP contribution < -0.4 is 5.32 Å². The summed E-state index contributed by atoms with van der Waals surface area (Å²) in [6, 6.07) is 0.248. The van der Waals surface area contributed by atoms with E-state index in [0.29, 0.717) is 12.2 Å². The van der Waals surface area contributed by atoms with Crippen LogP contribution in [0, 0.1) is 0 Å². The Morgan fingerprint density at radius 3 is 2.75 bits per heavy atom. The summed E-state index contributed by atoms with van der Waals surface area (Å²) in [5, 5.41) is 7.87. The second-order valence-corrected chi connectivity index (χ2v) is 8.01. The third-order valence-corrected chi connectivity index (χ3v) is 5.68. The van der Waals surface area contributed by atoms with Crippen molar-refractivity contribution in [2.45, 2.75) is 43.9 Å². The van der Waals surface area contributed by atoms with Crippen LogP contribution >= 0.6 is 0 Å². The predicted octanol–water partition coefficient (Wildman–Crippen LogP) is 1.26. The first-order chi connectivity index (χ1) is 13.6. The Hall–Kier alpha value is -1.64. The van der Waals surface area contributed by atoms with E-state index in [1.165, 1.54) is 12.0 Å². The zero-order valence-corrected chi connectivity index (χ0v) is 17.8. The number of hydrogen-bond donors (Lipinski definition) is 1. The largest absolute Gasteiger partial charge is 0.376 e. The normalized spacial score (nSPS) is 22.8. The highest BCUT2D eigenvalue weighted by Crippen LogP contribution is 2.19. The fourth-order valence-electron chi connectivity index (χ4n) is 3.98. The van der Waals surface area contributed by atoms with Crippen molar-refractivity contribution in [2.24, 2.45) is 12.0 Å². The molecule has 2 aliphatic heterocycles. The Bertz CT molecular complexity index is 618. The van der Waals surface area contributed by atoms with Gasteiger partial charge in [0.25, 0.3) is 0 Å². The molecule has 28 heavy (non-hydrogen) atoms. The number of likely N-dealkylation sites (tertiary alicyclic amines) is 1. The van der Waals surface area contributed by atoms with Crippen LogP contribution in [-0.2, 0) is 16.5 Å². The van der Waals surface area contributed by atoms with Crippen LogP contribution in [0.5, 0.6) is 0 Å². The monoisotopic (exact) mass is 392 g/mol. The zero-order valence-electron chi connectivity index (χ0n) is 17.8. The molecule has 8 heteroatoms. The maximum Gasteiger partial charge on any atom is 0.193 e. The lowest BCUT2D eigenvalue weighted by Crippen LogP contribution is -2.48. The van der Waals surface area contributed by atoms with Gasteiger partial charge in [0, 0.05) is 52.1 Å².